The highest BCUT2D eigenvalue weighted by atomic mass is 19.1. The van der Waals surface area contributed by atoms with Crippen molar-refractivity contribution in [2.24, 2.45) is 0 Å². The number of phenolic OH excluding ortho intramolecular Hbond substituents is 1. The summed E-state index contributed by atoms with van der Waals surface area (Å²) in [5.41, 5.74) is -0.897. The zero-order chi connectivity index (χ0) is 16.3. The third-order valence-corrected chi connectivity index (χ3v) is 3.29. The Morgan fingerprint density at radius 2 is 1.91 bits per heavy atom. The van der Waals surface area contributed by atoms with Crippen LogP contribution in [0, 0.1) is 17.1 Å². The molecule has 0 saturated heterocycles. The topological polar surface area (TPSA) is 73.1 Å². The quantitative estimate of drug-likeness (QED) is 0.909. The number of anilines is 1. The van der Waals surface area contributed by atoms with E-state index in [2.05, 4.69) is 5.32 Å². The van der Waals surface area contributed by atoms with E-state index in [0.29, 0.717) is 5.56 Å². The second-order valence-corrected chi connectivity index (χ2v) is 5.41. The second kappa shape index (κ2) is 5.86. The maximum atomic E-state index is 14.5. The molecule has 2 rings (SSSR count). The van der Waals surface area contributed by atoms with Crippen LogP contribution in [0.3, 0.4) is 0 Å². The molecule has 0 bridgehead atoms. The van der Waals surface area contributed by atoms with Gasteiger partial charge in [0.2, 0.25) is 0 Å². The lowest BCUT2D eigenvalue weighted by molar-refractivity contribution is 0.102. The van der Waals surface area contributed by atoms with Gasteiger partial charge in [0.25, 0.3) is 5.91 Å². The number of amides is 1. The van der Waals surface area contributed by atoms with Crippen molar-refractivity contribution < 1.29 is 14.3 Å². The molecular formula is C17H15FN2O2. The summed E-state index contributed by atoms with van der Waals surface area (Å²) in [6.07, 6.45) is 0. The Bertz CT molecular complexity index is 749. The highest BCUT2D eigenvalue weighted by molar-refractivity contribution is 6.04. The minimum absolute atomic E-state index is 0.0263. The smallest absolute Gasteiger partial charge is 0.255 e. The van der Waals surface area contributed by atoms with Crippen molar-refractivity contribution in [3.8, 4) is 11.8 Å². The van der Waals surface area contributed by atoms with Crippen LogP contribution in [0.5, 0.6) is 5.75 Å². The van der Waals surface area contributed by atoms with Gasteiger partial charge in [-0.25, -0.2) is 4.39 Å². The van der Waals surface area contributed by atoms with Gasteiger partial charge in [-0.3, -0.25) is 4.79 Å². The highest BCUT2D eigenvalue weighted by Gasteiger charge is 2.27. The molecule has 4 nitrogen and oxygen atoms in total. The molecule has 5 heteroatoms. The highest BCUT2D eigenvalue weighted by Crippen LogP contribution is 2.33. The zero-order valence-corrected chi connectivity index (χ0v) is 12.2. The monoisotopic (exact) mass is 298 g/mol. The van der Waals surface area contributed by atoms with Crippen molar-refractivity contribution in [3.05, 3.63) is 59.4 Å². The molecule has 0 spiro atoms. The van der Waals surface area contributed by atoms with E-state index in [1.54, 1.807) is 30.3 Å². The van der Waals surface area contributed by atoms with E-state index in [1.807, 2.05) is 6.07 Å². The van der Waals surface area contributed by atoms with Gasteiger partial charge >= 0.3 is 0 Å². The molecule has 1 amide bonds. The average Bonchev–Trinajstić information content (AvgIpc) is 2.51. The first-order chi connectivity index (χ1) is 10.3. The lowest BCUT2D eigenvalue weighted by Crippen LogP contribution is -2.19. The average molecular weight is 298 g/mol. The number of hydrogen-bond acceptors (Lipinski definition) is 3. The Kier molecular flexibility index (Phi) is 4.13. The van der Waals surface area contributed by atoms with Gasteiger partial charge in [-0.1, -0.05) is 18.2 Å². The Hall–Kier alpha value is -2.87. The van der Waals surface area contributed by atoms with Crippen LogP contribution in [0.4, 0.5) is 10.1 Å². The van der Waals surface area contributed by atoms with Crippen LogP contribution in [0.1, 0.15) is 29.8 Å². The Morgan fingerprint density at radius 1 is 1.27 bits per heavy atom. The van der Waals surface area contributed by atoms with Gasteiger partial charge in [0.1, 0.15) is 5.75 Å². The first kappa shape index (κ1) is 15.5. The van der Waals surface area contributed by atoms with E-state index in [4.69, 9.17) is 5.26 Å². The number of hydrogen-bond donors (Lipinski definition) is 2. The van der Waals surface area contributed by atoms with Crippen molar-refractivity contribution >= 4 is 11.6 Å². The lowest BCUT2D eigenvalue weighted by Gasteiger charge is -2.19. The molecule has 22 heavy (non-hydrogen) atoms. The van der Waals surface area contributed by atoms with Gasteiger partial charge < -0.3 is 10.4 Å². The summed E-state index contributed by atoms with van der Waals surface area (Å²) in [6, 6.07) is 12.6. The first-order valence-corrected chi connectivity index (χ1v) is 6.66. The molecule has 112 valence electrons. The third kappa shape index (κ3) is 3.07. The molecular weight excluding hydrogens is 283 g/mol. The Balaban J connectivity index is 2.41. The number of nitriles is 1. The van der Waals surface area contributed by atoms with E-state index in [-0.39, 0.29) is 17.0 Å². The summed E-state index contributed by atoms with van der Waals surface area (Å²) >= 11 is 0. The summed E-state index contributed by atoms with van der Waals surface area (Å²) in [6.45, 7) is 3.07. The zero-order valence-electron chi connectivity index (χ0n) is 12.2. The maximum absolute atomic E-state index is 14.5. The Morgan fingerprint density at radius 3 is 2.50 bits per heavy atom. The van der Waals surface area contributed by atoms with E-state index in [0.717, 1.165) is 6.07 Å². The van der Waals surface area contributed by atoms with Crippen LogP contribution in [0.25, 0.3) is 0 Å². The molecule has 0 fully saturated rings. The van der Waals surface area contributed by atoms with E-state index in [1.165, 1.54) is 19.9 Å². The number of carbonyl (C=O) groups is 1. The number of rotatable bonds is 3. The largest absolute Gasteiger partial charge is 0.508 e. The number of benzene rings is 2. The summed E-state index contributed by atoms with van der Waals surface area (Å²) in [7, 11) is 0. The molecule has 0 unspecified atom stereocenters. The molecule has 0 radical (unpaired) electrons. The number of carbonyl (C=O) groups excluding carboxylic acids is 1. The number of nitrogens with zero attached hydrogens (tertiary/aromatic N) is 1. The molecule has 2 N–H and O–H groups in total. The minimum atomic E-state index is -1.13. The van der Waals surface area contributed by atoms with Gasteiger partial charge in [-0.2, -0.15) is 5.26 Å². The van der Waals surface area contributed by atoms with E-state index in [9.17, 15) is 14.3 Å². The fourth-order valence-corrected chi connectivity index (χ4v) is 2.00. The predicted molar refractivity (Wildman–Crippen MR) is 81.1 cm³/mol. The fourth-order valence-electron chi connectivity index (χ4n) is 2.00. The van der Waals surface area contributed by atoms with Crippen LogP contribution >= 0.6 is 0 Å². The standard InChI is InChI=1S/C17H15FN2O2/c1-17(2,10-19)13-8-12(21)9-14(15(13)18)20-16(22)11-6-4-3-5-7-11/h3-9,21H,1-2H3,(H,20,22). The molecule has 0 aliphatic rings. The summed E-state index contributed by atoms with van der Waals surface area (Å²) in [5, 5.41) is 21.3. The van der Waals surface area contributed by atoms with Gasteiger partial charge in [0, 0.05) is 17.2 Å². The Labute approximate surface area is 127 Å². The van der Waals surface area contributed by atoms with Crippen molar-refractivity contribution in [3.63, 3.8) is 0 Å². The molecule has 0 heterocycles. The number of nitrogens with one attached hydrogen (secondary N) is 1. The molecule has 0 aromatic heterocycles. The minimum Gasteiger partial charge on any atom is -0.508 e. The van der Waals surface area contributed by atoms with Gasteiger partial charge in [-0.15, -0.1) is 0 Å². The molecule has 2 aromatic carbocycles. The number of halogens is 1. The van der Waals surface area contributed by atoms with Crippen molar-refractivity contribution in [1.29, 1.82) is 5.26 Å². The number of aromatic hydroxyl groups is 1. The van der Waals surface area contributed by atoms with E-state index >= 15 is 0 Å². The fraction of sp³-hybridized carbons (Fsp3) is 0.176. The van der Waals surface area contributed by atoms with Crippen LogP contribution in [-0.4, -0.2) is 11.0 Å². The summed E-state index contributed by atoms with van der Waals surface area (Å²) in [4.78, 5) is 12.1. The van der Waals surface area contributed by atoms with Gasteiger partial charge in [0.05, 0.1) is 17.2 Å². The maximum Gasteiger partial charge on any atom is 0.255 e. The van der Waals surface area contributed by atoms with Crippen LogP contribution in [0.2, 0.25) is 0 Å². The molecule has 0 aliphatic carbocycles. The van der Waals surface area contributed by atoms with Gasteiger partial charge in [0.15, 0.2) is 5.82 Å². The third-order valence-electron chi connectivity index (χ3n) is 3.29. The normalized spacial score (nSPS) is 10.8. The van der Waals surface area contributed by atoms with Gasteiger partial charge in [-0.05, 0) is 32.0 Å². The van der Waals surface area contributed by atoms with Crippen LogP contribution in [-0.2, 0) is 5.41 Å². The molecule has 0 aliphatic heterocycles. The van der Waals surface area contributed by atoms with Crippen molar-refractivity contribution in [2.45, 2.75) is 19.3 Å². The molecule has 0 saturated carbocycles. The molecule has 2 aromatic rings. The SMILES string of the molecule is CC(C)(C#N)c1cc(O)cc(NC(=O)c2ccccc2)c1F. The summed E-state index contributed by atoms with van der Waals surface area (Å²) in [5.74, 6) is -1.44. The number of phenols is 1. The second-order valence-electron chi connectivity index (χ2n) is 5.41. The van der Waals surface area contributed by atoms with Crippen LogP contribution < -0.4 is 5.32 Å². The van der Waals surface area contributed by atoms with Crippen LogP contribution in [0.15, 0.2) is 42.5 Å². The first-order valence-electron chi connectivity index (χ1n) is 6.66. The molecule has 0 atom stereocenters. The predicted octanol–water partition coefficient (Wildman–Crippen LogP) is 3.58. The van der Waals surface area contributed by atoms with Crippen molar-refractivity contribution in [1.82, 2.24) is 0 Å². The van der Waals surface area contributed by atoms with E-state index < -0.39 is 17.1 Å². The summed E-state index contributed by atoms with van der Waals surface area (Å²) < 4.78 is 14.5. The van der Waals surface area contributed by atoms with Crippen molar-refractivity contribution in [2.75, 3.05) is 5.32 Å². The lowest BCUT2D eigenvalue weighted by atomic mass is 9.85.